The van der Waals surface area contributed by atoms with Gasteiger partial charge in [-0.2, -0.15) is 4.98 Å². The number of rotatable bonds is 2. The Morgan fingerprint density at radius 1 is 1.63 bits per heavy atom. The molecule has 100 valence electrons. The smallest absolute Gasteiger partial charge is 0.280 e. The van der Waals surface area contributed by atoms with Crippen molar-refractivity contribution in [2.75, 3.05) is 12.3 Å². The van der Waals surface area contributed by atoms with Crippen LogP contribution < -0.4 is 11.3 Å². The molecule has 0 aromatic carbocycles. The molecule has 3 rings (SSSR count). The van der Waals surface area contributed by atoms with E-state index in [2.05, 4.69) is 15.0 Å². The first-order chi connectivity index (χ1) is 9.10. The summed E-state index contributed by atoms with van der Waals surface area (Å²) in [6.07, 6.45) is 0.565. The normalized spacial score (nSPS) is 22.9. The average Bonchev–Trinajstić information content (AvgIpc) is 2.92. The van der Waals surface area contributed by atoms with Crippen LogP contribution in [-0.4, -0.2) is 37.3 Å². The minimum Gasteiger partial charge on any atom is -0.393 e. The number of nitrogens with zero attached hydrogens (tertiary/aromatic N) is 3. The second-order valence-corrected chi connectivity index (χ2v) is 4.04. The van der Waals surface area contributed by atoms with E-state index in [0.29, 0.717) is 0 Å². The van der Waals surface area contributed by atoms with Crippen molar-refractivity contribution in [3.63, 3.8) is 0 Å². The zero-order chi connectivity index (χ0) is 13.6. The molecule has 1 aliphatic heterocycles. The number of aliphatic hydroxyl groups is 1. The molecule has 1 aliphatic rings. The summed E-state index contributed by atoms with van der Waals surface area (Å²) in [5, 5.41) is 8.95. The fourth-order valence-corrected chi connectivity index (χ4v) is 1.94. The first kappa shape index (κ1) is 11.8. The summed E-state index contributed by atoms with van der Waals surface area (Å²) in [6, 6.07) is 0. The highest BCUT2D eigenvalue weighted by molar-refractivity contribution is 5.70. The van der Waals surface area contributed by atoms with Crippen molar-refractivity contribution in [2.45, 2.75) is 12.3 Å². The predicted octanol–water partition coefficient (Wildman–Crippen LogP) is -0.555. The summed E-state index contributed by atoms with van der Waals surface area (Å²) < 4.78 is 20.3. The van der Waals surface area contributed by atoms with E-state index in [1.165, 1.54) is 10.9 Å². The van der Waals surface area contributed by atoms with Crippen LogP contribution in [0.5, 0.6) is 0 Å². The van der Waals surface area contributed by atoms with E-state index in [1.807, 2.05) is 0 Å². The van der Waals surface area contributed by atoms with Crippen molar-refractivity contribution in [3.8, 4) is 0 Å². The Morgan fingerprint density at radius 3 is 3.11 bits per heavy atom. The molecule has 0 bridgehead atoms. The van der Waals surface area contributed by atoms with Crippen LogP contribution in [-0.2, 0) is 4.74 Å². The monoisotopic (exact) mass is 267 g/mol. The molecule has 2 aromatic rings. The number of aromatic nitrogens is 4. The summed E-state index contributed by atoms with van der Waals surface area (Å²) >= 11 is 0. The maximum absolute atomic E-state index is 13.7. The molecular weight excluding hydrogens is 257 g/mol. The van der Waals surface area contributed by atoms with Crippen molar-refractivity contribution < 1.29 is 14.2 Å². The minimum absolute atomic E-state index is 0.0399. The lowest BCUT2D eigenvalue weighted by atomic mass is 10.3. The molecule has 0 saturated carbocycles. The fraction of sp³-hybridized carbons (Fsp3) is 0.300. The van der Waals surface area contributed by atoms with Crippen LogP contribution in [0.3, 0.4) is 0 Å². The van der Waals surface area contributed by atoms with Gasteiger partial charge in [-0.05, 0) is 6.08 Å². The van der Waals surface area contributed by atoms with Crippen molar-refractivity contribution in [1.82, 2.24) is 19.5 Å². The summed E-state index contributed by atoms with van der Waals surface area (Å²) in [5.41, 5.74) is 5.09. The minimum atomic E-state index is -1.10. The van der Waals surface area contributed by atoms with Crippen molar-refractivity contribution in [3.05, 3.63) is 28.6 Å². The highest BCUT2D eigenvalue weighted by Gasteiger charge is 2.30. The Labute approximate surface area is 105 Å². The van der Waals surface area contributed by atoms with Crippen LogP contribution in [0.2, 0.25) is 0 Å². The Morgan fingerprint density at radius 2 is 2.42 bits per heavy atom. The molecule has 0 fully saturated rings. The van der Waals surface area contributed by atoms with E-state index >= 15 is 0 Å². The maximum Gasteiger partial charge on any atom is 0.280 e. The molecule has 4 N–H and O–H groups in total. The zero-order valence-electron chi connectivity index (χ0n) is 9.58. The van der Waals surface area contributed by atoms with Crippen molar-refractivity contribution >= 4 is 17.1 Å². The number of halogens is 1. The summed E-state index contributed by atoms with van der Waals surface area (Å²) in [7, 11) is 0. The quantitative estimate of drug-likeness (QED) is 0.671. The van der Waals surface area contributed by atoms with Gasteiger partial charge in [0.15, 0.2) is 17.4 Å². The lowest BCUT2D eigenvalue weighted by Crippen LogP contribution is -2.17. The number of nitrogens with one attached hydrogen (secondary N) is 1. The van der Waals surface area contributed by atoms with Crippen LogP contribution in [0.15, 0.2) is 23.0 Å². The van der Waals surface area contributed by atoms with Gasteiger partial charge in [0.2, 0.25) is 5.95 Å². The molecule has 19 heavy (non-hydrogen) atoms. The van der Waals surface area contributed by atoms with Crippen molar-refractivity contribution in [1.29, 1.82) is 0 Å². The van der Waals surface area contributed by atoms with Crippen LogP contribution in [0, 0.1) is 0 Å². The largest absolute Gasteiger partial charge is 0.393 e. The zero-order valence-corrected chi connectivity index (χ0v) is 9.58. The second-order valence-electron chi connectivity index (χ2n) is 4.04. The topological polar surface area (TPSA) is 119 Å². The van der Waals surface area contributed by atoms with E-state index in [9.17, 15) is 9.18 Å². The van der Waals surface area contributed by atoms with Gasteiger partial charge in [0.1, 0.15) is 11.9 Å². The number of ether oxygens (including phenoxy) is 1. The van der Waals surface area contributed by atoms with Gasteiger partial charge in [0.25, 0.3) is 5.56 Å². The molecule has 0 unspecified atom stereocenters. The van der Waals surface area contributed by atoms with Gasteiger partial charge in [0.05, 0.1) is 12.9 Å². The van der Waals surface area contributed by atoms with Gasteiger partial charge in [-0.3, -0.25) is 14.3 Å². The Balaban J connectivity index is 2.12. The van der Waals surface area contributed by atoms with E-state index in [4.69, 9.17) is 15.6 Å². The number of fused-ring (bicyclic) bond motifs is 1. The van der Waals surface area contributed by atoms with Gasteiger partial charge in [-0.1, -0.05) is 0 Å². The number of hydrogen-bond acceptors (Lipinski definition) is 6. The average molecular weight is 267 g/mol. The van der Waals surface area contributed by atoms with Crippen LogP contribution >= 0.6 is 0 Å². The molecule has 0 amide bonds. The van der Waals surface area contributed by atoms with Crippen LogP contribution in [0.25, 0.3) is 11.2 Å². The number of anilines is 1. The third-order valence-corrected chi connectivity index (χ3v) is 2.77. The molecular formula is C10H10FN5O3. The van der Waals surface area contributed by atoms with Gasteiger partial charge in [-0.25, -0.2) is 9.37 Å². The Bertz CT molecular complexity index is 722. The first-order valence-corrected chi connectivity index (χ1v) is 5.46. The molecule has 0 saturated heterocycles. The SMILES string of the molecule is Nc1nc2c(ncn2[C@H]2O[C@@H](CO)C=C2F)c(=O)[nH]1. The van der Waals surface area contributed by atoms with Crippen molar-refractivity contribution in [2.24, 2.45) is 0 Å². The first-order valence-electron chi connectivity index (χ1n) is 5.46. The lowest BCUT2D eigenvalue weighted by Gasteiger charge is -2.14. The number of hydrogen-bond donors (Lipinski definition) is 3. The van der Waals surface area contributed by atoms with Gasteiger partial charge >= 0.3 is 0 Å². The maximum atomic E-state index is 13.7. The highest BCUT2D eigenvalue weighted by atomic mass is 19.1. The molecule has 3 heterocycles. The fourth-order valence-electron chi connectivity index (χ4n) is 1.94. The molecule has 8 nitrogen and oxygen atoms in total. The molecule has 0 radical (unpaired) electrons. The van der Waals surface area contributed by atoms with E-state index in [0.717, 1.165) is 6.08 Å². The third kappa shape index (κ3) is 1.79. The van der Waals surface area contributed by atoms with Crippen LogP contribution in [0.1, 0.15) is 6.23 Å². The third-order valence-electron chi connectivity index (χ3n) is 2.77. The second kappa shape index (κ2) is 4.14. The summed E-state index contributed by atoms with van der Waals surface area (Å²) in [5.74, 6) is -0.681. The Kier molecular flexibility index (Phi) is 2.57. The number of imidazole rings is 1. The number of aromatic amines is 1. The Hall–Kier alpha value is -2.26. The predicted molar refractivity (Wildman–Crippen MR) is 62.7 cm³/mol. The van der Waals surface area contributed by atoms with E-state index in [-0.39, 0.29) is 23.7 Å². The molecule has 0 spiro atoms. The lowest BCUT2D eigenvalue weighted by molar-refractivity contribution is -0.0174. The molecule has 0 aliphatic carbocycles. The van der Waals surface area contributed by atoms with Crippen LogP contribution in [0.4, 0.5) is 10.3 Å². The number of H-pyrrole nitrogens is 1. The van der Waals surface area contributed by atoms with E-state index in [1.54, 1.807) is 0 Å². The number of nitrogens with two attached hydrogens (primary N) is 1. The van der Waals surface area contributed by atoms with Gasteiger partial charge in [-0.15, -0.1) is 0 Å². The summed E-state index contributed by atoms with van der Waals surface area (Å²) in [6.45, 7) is -0.341. The highest BCUT2D eigenvalue weighted by Crippen LogP contribution is 2.31. The van der Waals surface area contributed by atoms with Gasteiger partial charge < -0.3 is 15.6 Å². The summed E-state index contributed by atoms with van der Waals surface area (Å²) in [4.78, 5) is 21.7. The molecule has 2 aromatic heterocycles. The number of aliphatic hydroxyl groups excluding tert-OH is 1. The standard InChI is InChI=1S/C10H10FN5O3/c11-5-1-4(2-17)19-9(5)16-3-13-6-7(16)14-10(12)15-8(6)18/h1,3-4,9,17H,2H2,(H3,12,14,15,18)/t4-,9+/m1/s1. The molecule has 9 heteroatoms. The number of nitrogen functional groups attached to an aromatic ring is 1. The van der Waals surface area contributed by atoms with E-state index < -0.39 is 23.7 Å². The van der Waals surface area contributed by atoms with Gasteiger partial charge in [0, 0.05) is 0 Å². The molecule has 2 atom stereocenters.